The molecule has 0 saturated carbocycles. The van der Waals surface area contributed by atoms with Crippen LogP contribution in [0.5, 0.6) is 0 Å². The number of rotatable bonds is 6. The zero-order valence-corrected chi connectivity index (χ0v) is 15.6. The van der Waals surface area contributed by atoms with Crippen molar-refractivity contribution in [2.75, 3.05) is 12.3 Å². The standard InChI is InChI=1S/C16H22N6O2S/c1-10(2)8-17-15(24)18-14(23)9-25-16-19-20-21-22(16)13-6-5-11(3)7-12(13)4/h5-7,10H,8-9H2,1-4H3,(H2,17,18,23,24). The first kappa shape index (κ1) is 18.9. The number of nitrogens with zero attached hydrogens (tertiary/aromatic N) is 4. The molecule has 1 aromatic heterocycles. The molecule has 0 unspecified atom stereocenters. The molecule has 9 heteroatoms. The molecule has 0 saturated heterocycles. The second kappa shape index (κ2) is 8.61. The van der Waals surface area contributed by atoms with Gasteiger partial charge in [-0.05, 0) is 41.8 Å². The Morgan fingerprint density at radius 1 is 1.28 bits per heavy atom. The van der Waals surface area contributed by atoms with Crippen molar-refractivity contribution in [1.82, 2.24) is 30.8 Å². The molecule has 2 N–H and O–H groups in total. The summed E-state index contributed by atoms with van der Waals surface area (Å²) in [6.45, 7) is 8.46. The lowest BCUT2D eigenvalue weighted by atomic mass is 10.1. The zero-order chi connectivity index (χ0) is 18.4. The van der Waals surface area contributed by atoms with Gasteiger partial charge in [0.2, 0.25) is 11.1 Å². The van der Waals surface area contributed by atoms with Crippen LogP contribution in [-0.4, -0.2) is 44.4 Å². The van der Waals surface area contributed by atoms with E-state index in [0.29, 0.717) is 17.6 Å². The summed E-state index contributed by atoms with van der Waals surface area (Å²) in [7, 11) is 0. The second-order valence-corrected chi connectivity index (χ2v) is 7.05. The highest BCUT2D eigenvalue weighted by Gasteiger charge is 2.14. The molecule has 134 valence electrons. The largest absolute Gasteiger partial charge is 0.338 e. The lowest BCUT2D eigenvalue weighted by molar-refractivity contribution is -0.117. The third-order valence-corrected chi connectivity index (χ3v) is 4.20. The van der Waals surface area contributed by atoms with Gasteiger partial charge in [0.1, 0.15) is 0 Å². The maximum Gasteiger partial charge on any atom is 0.321 e. The average molecular weight is 362 g/mol. The Balaban J connectivity index is 1.95. The van der Waals surface area contributed by atoms with Crippen molar-refractivity contribution in [3.05, 3.63) is 29.3 Å². The molecule has 2 aromatic rings. The van der Waals surface area contributed by atoms with E-state index in [1.54, 1.807) is 4.68 Å². The zero-order valence-electron chi connectivity index (χ0n) is 14.7. The molecule has 1 aromatic carbocycles. The normalized spacial score (nSPS) is 10.8. The monoisotopic (exact) mass is 362 g/mol. The number of aromatic nitrogens is 4. The number of carbonyl (C=O) groups is 2. The van der Waals surface area contributed by atoms with E-state index < -0.39 is 11.9 Å². The molecular weight excluding hydrogens is 340 g/mol. The van der Waals surface area contributed by atoms with Crippen LogP contribution in [0.1, 0.15) is 25.0 Å². The summed E-state index contributed by atoms with van der Waals surface area (Å²) < 4.78 is 1.59. The molecule has 0 spiro atoms. The molecule has 0 aliphatic carbocycles. The molecule has 0 fully saturated rings. The minimum atomic E-state index is -0.492. The van der Waals surface area contributed by atoms with Gasteiger partial charge in [-0.25, -0.2) is 4.79 Å². The minimum absolute atomic E-state index is 0.0420. The van der Waals surface area contributed by atoms with Crippen molar-refractivity contribution in [2.24, 2.45) is 5.92 Å². The van der Waals surface area contributed by atoms with Crippen molar-refractivity contribution < 1.29 is 9.59 Å². The fourth-order valence-corrected chi connectivity index (χ4v) is 2.78. The van der Waals surface area contributed by atoms with Gasteiger partial charge >= 0.3 is 6.03 Å². The first-order valence-corrected chi connectivity index (χ1v) is 8.92. The number of hydrogen-bond acceptors (Lipinski definition) is 6. The van der Waals surface area contributed by atoms with Gasteiger partial charge in [0, 0.05) is 6.54 Å². The number of benzene rings is 1. The molecule has 0 radical (unpaired) electrons. The summed E-state index contributed by atoms with van der Waals surface area (Å²) in [4.78, 5) is 23.5. The van der Waals surface area contributed by atoms with E-state index in [2.05, 4.69) is 26.2 Å². The number of aryl methyl sites for hydroxylation is 2. The number of imide groups is 1. The Hall–Kier alpha value is -2.42. The highest BCUT2D eigenvalue weighted by atomic mass is 32.2. The van der Waals surface area contributed by atoms with Gasteiger partial charge in [-0.2, -0.15) is 4.68 Å². The molecule has 2 rings (SSSR count). The minimum Gasteiger partial charge on any atom is -0.338 e. The summed E-state index contributed by atoms with van der Waals surface area (Å²) in [6.07, 6.45) is 0. The average Bonchev–Trinajstić information content (AvgIpc) is 2.99. The van der Waals surface area contributed by atoms with Gasteiger partial charge < -0.3 is 5.32 Å². The topological polar surface area (TPSA) is 102 Å². The first-order valence-electron chi connectivity index (χ1n) is 7.93. The number of carbonyl (C=O) groups excluding carboxylic acids is 2. The number of thioether (sulfide) groups is 1. The maximum absolute atomic E-state index is 11.9. The number of tetrazole rings is 1. The fraction of sp³-hybridized carbons (Fsp3) is 0.438. The lowest BCUT2D eigenvalue weighted by Gasteiger charge is -2.09. The van der Waals surface area contributed by atoms with E-state index >= 15 is 0 Å². The van der Waals surface area contributed by atoms with Crippen LogP contribution >= 0.6 is 11.8 Å². The van der Waals surface area contributed by atoms with Crippen LogP contribution in [-0.2, 0) is 4.79 Å². The Morgan fingerprint density at radius 2 is 2.04 bits per heavy atom. The Kier molecular flexibility index (Phi) is 6.51. The SMILES string of the molecule is Cc1ccc(-n2nnnc2SCC(=O)NC(=O)NCC(C)C)c(C)c1. The third-order valence-electron chi connectivity index (χ3n) is 3.28. The molecule has 0 aliphatic heterocycles. The van der Waals surface area contributed by atoms with E-state index in [4.69, 9.17) is 0 Å². The molecule has 1 heterocycles. The van der Waals surface area contributed by atoms with Crippen LogP contribution in [0.4, 0.5) is 4.79 Å². The maximum atomic E-state index is 11.9. The molecule has 0 bridgehead atoms. The van der Waals surface area contributed by atoms with Crippen molar-refractivity contribution in [2.45, 2.75) is 32.9 Å². The van der Waals surface area contributed by atoms with Gasteiger partial charge in [0.05, 0.1) is 11.4 Å². The quantitative estimate of drug-likeness (QED) is 0.761. The second-order valence-electron chi connectivity index (χ2n) is 6.10. The number of hydrogen-bond donors (Lipinski definition) is 2. The number of nitrogens with one attached hydrogen (secondary N) is 2. The van der Waals surface area contributed by atoms with Crippen molar-refractivity contribution >= 4 is 23.7 Å². The van der Waals surface area contributed by atoms with Crippen molar-refractivity contribution in [1.29, 1.82) is 0 Å². The summed E-state index contributed by atoms with van der Waals surface area (Å²) >= 11 is 1.17. The number of amides is 3. The predicted octanol–water partition coefficient (Wildman–Crippen LogP) is 1.85. The van der Waals surface area contributed by atoms with Crippen molar-refractivity contribution in [3.63, 3.8) is 0 Å². The third kappa shape index (κ3) is 5.56. The van der Waals surface area contributed by atoms with Crippen LogP contribution < -0.4 is 10.6 Å². The highest BCUT2D eigenvalue weighted by Crippen LogP contribution is 2.21. The van der Waals surface area contributed by atoms with Gasteiger partial charge in [-0.1, -0.05) is 43.3 Å². The van der Waals surface area contributed by atoms with Gasteiger partial charge in [-0.3, -0.25) is 10.1 Å². The van der Waals surface area contributed by atoms with E-state index in [1.807, 2.05) is 45.9 Å². The van der Waals surface area contributed by atoms with Crippen LogP contribution in [0.3, 0.4) is 0 Å². The van der Waals surface area contributed by atoms with Gasteiger partial charge in [-0.15, -0.1) is 5.10 Å². The lowest BCUT2D eigenvalue weighted by Crippen LogP contribution is -2.41. The summed E-state index contributed by atoms with van der Waals surface area (Å²) in [5, 5.41) is 17.0. The molecule has 0 atom stereocenters. The molecule has 8 nitrogen and oxygen atoms in total. The molecular formula is C16H22N6O2S. The Labute approximate surface area is 150 Å². The number of urea groups is 1. The predicted molar refractivity (Wildman–Crippen MR) is 95.7 cm³/mol. The Morgan fingerprint density at radius 3 is 2.72 bits per heavy atom. The van der Waals surface area contributed by atoms with Gasteiger partial charge in [0.25, 0.3) is 0 Å². The van der Waals surface area contributed by atoms with Crippen LogP contribution in [0, 0.1) is 19.8 Å². The van der Waals surface area contributed by atoms with Crippen LogP contribution in [0.15, 0.2) is 23.4 Å². The molecule has 25 heavy (non-hydrogen) atoms. The van der Waals surface area contributed by atoms with Crippen LogP contribution in [0.25, 0.3) is 5.69 Å². The van der Waals surface area contributed by atoms with Gasteiger partial charge in [0.15, 0.2) is 0 Å². The summed E-state index contributed by atoms with van der Waals surface area (Å²) in [6, 6.07) is 5.46. The van der Waals surface area contributed by atoms with Crippen molar-refractivity contribution in [3.8, 4) is 5.69 Å². The molecule has 0 aliphatic rings. The van der Waals surface area contributed by atoms with E-state index in [9.17, 15) is 9.59 Å². The van der Waals surface area contributed by atoms with E-state index in [1.165, 1.54) is 11.8 Å². The summed E-state index contributed by atoms with van der Waals surface area (Å²) in [5.41, 5.74) is 3.04. The fourth-order valence-electron chi connectivity index (χ4n) is 2.10. The van der Waals surface area contributed by atoms with Crippen LogP contribution in [0.2, 0.25) is 0 Å². The highest BCUT2D eigenvalue weighted by molar-refractivity contribution is 7.99. The van der Waals surface area contributed by atoms with E-state index in [0.717, 1.165) is 16.8 Å². The first-order chi connectivity index (χ1) is 11.9. The smallest absolute Gasteiger partial charge is 0.321 e. The molecule has 3 amide bonds. The summed E-state index contributed by atoms with van der Waals surface area (Å²) in [5.74, 6) is -0.0422. The Bertz CT molecular complexity index is 759. The van der Waals surface area contributed by atoms with E-state index in [-0.39, 0.29) is 5.75 Å².